The van der Waals surface area contributed by atoms with E-state index in [1.807, 2.05) is 42.5 Å². The maximum absolute atomic E-state index is 12.7. The summed E-state index contributed by atoms with van der Waals surface area (Å²) in [4.78, 5) is 36.2. The van der Waals surface area contributed by atoms with E-state index in [0.717, 1.165) is 36.8 Å². The molecule has 0 spiro atoms. The van der Waals surface area contributed by atoms with Crippen molar-refractivity contribution in [3.63, 3.8) is 0 Å². The van der Waals surface area contributed by atoms with Crippen LogP contribution < -0.4 is 10.6 Å². The molecule has 3 rings (SSSR count). The Kier molecular flexibility index (Phi) is 7.00. The monoisotopic (exact) mass is 394 g/mol. The molecule has 29 heavy (non-hydrogen) atoms. The third kappa shape index (κ3) is 5.91. The number of nitrogens with one attached hydrogen (secondary N) is 2. The Morgan fingerprint density at radius 3 is 2.17 bits per heavy atom. The molecular weight excluding hydrogens is 368 g/mol. The third-order valence-corrected chi connectivity index (χ3v) is 5.22. The zero-order chi connectivity index (χ0) is 20.6. The lowest BCUT2D eigenvalue weighted by molar-refractivity contribution is -0.137. The van der Waals surface area contributed by atoms with Gasteiger partial charge in [0.05, 0.1) is 0 Å². The maximum atomic E-state index is 12.7. The highest BCUT2D eigenvalue weighted by atomic mass is 16.4. The molecule has 2 amide bonds. The summed E-state index contributed by atoms with van der Waals surface area (Å²) >= 11 is 0. The van der Waals surface area contributed by atoms with Gasteiger partial charge in [0.1, 0.15) is 6.04 Å². The Bertz CT molecular complexity index is 843. The Morgan fingerprint density at radius 1 is 0.931 bits per heavy atom. The van der Waals surface area contributed by atoms with Gasteiger partial charge in [0.25, 0.3) is 5.91 Å². The fourth-order valence-corrected chi connectivity index (χ4v) is 3.59. The first-order valence-electron chi connectivity index (χ1n) is 10.0. The summed E-state index contributed by atoms with van der Waals surface area (Å²) in [6.45, 7) is 0. The van der Waals surface area contributed by atoms with Crippen molar-refractivity contribution in [1.29, 1.82) is 0 Å². The minimum Gasteiger partial charge on any atom is -0.481 e. The molecule has 1 fully saturated rings. The van der Waals surface area contributed by atoms with Crippen LogP contribution in [-0.4, -0.2) is 35.0 Å². The number of amides is 2. The van der Waals surface area contributed by atoms with Crippen LogP contribution >= 0.6 is 0 Å². The molecule has 6 nitrogen and oxygen atoms in total. The summed E-state index contributed by atoms with van der Waals surface area (Å²) in [7, 11) is 0. The number of carboxylic acid groups (broad SMARTS) is 1. The first-order valence-corrected chi connectivity index (χ1v) is 10.0. The molecule has 2 aromatic rings. The van der Waals surface area contributed by atoms with E-state index in [0.29, 0.717) is 5.56 Å². The van der Waals surface area contributed by atoms with Gasteiger partial charge in [-0.15, -0.1) is 0 Å². The first kappa shape index (κ1) is 20.6. The van der Waals surface area contributed by atoms with Gasteiger partial charge in [-0.2, -0.15) is 0 Å². The van der Waals surface area contributed by atoms with Crippen LogP contribution in [0.15, 0.2) is 54.6 Å². The predicted molar refractivity (Wildman–Crippen MR) is 110 cm³/mol. The second-order valence-electron chi connectivity index (χ2n) is 7.39. The SMILES string of the molecule is O=C(O)CC[C@H](NC(=O)c1ccc(-c2ccccc2)cc1)C(=O)NC1CCCC1. The number of carboxylic acids is 1. The largest absolute Gasteiger partial charge is 0.481 e. The van der Waals surface area contributed by atoms with Crippen LogP contribution in [-0.2, 0) is 9.59 Å². The summed E-state index contributed by atoms with van der Waals surface area (Å²) in [6, 6.07) is 16.2. The molecule has 0 unspecified atom stereocenters. The minimum atomic E-state index is -0.995. The van der Waals surface area contributed by atoms with Gasteiger partial charge in [0.2, 0.25) is 5.91 Å². The molecule has 1 aliphatic carbocycles. The van der Waals surface area contributed by atoms with Crippen LogP contribution in [0.1, 0.15) is 48.9 Å². The minimum absolute atomic E-state index is 0.0573. The fraction of sp³-hybridized carbons (Fsp3) is 0.348. The summed E-state index contributed by atoms with van der Waals surface area (Å²) in [5, 5.41) is 14.6. The van der Waals surface area contributed by atoms with E-state index in [4.69, 9.17) is 5.11 Å². The molecule has 0 bridgehead atoms. The molecule has 2 aromatic carbocycles. The van der Waals surface area contributed by atoms with Gasteiger partial charge in [0, 0.05) is 18.0 Å². The highest BCUT2D eigenvalue weighted by Crippen LogP contribution is 2.20. The van der Waals surface area contributed by atoms with Gasteiger partial charge >= 0.3 is 5.97 Å². The smallest absolute Gasteiger partial charge is 0.303 e. The standard InChI is InChI=1S/C23H26N2O4/c26-21(27)15-14-20(23(29)24-19-8-4-5-9-19)25-22(28)18-12-10-17(11-13-18)16-6-2-1-3-7-16/h1-3,6-7,10-13,19-20H,4-5,8-9,14-15H2,(H,24,29)(H,25,28)(H,26,27)/t20-/m0/s1. The molecule has 0 aromatic heterocycles. The molecule has 6 heteroatoms. The van der Waals surface area contributed by atoms with Crippen molar-refractivity contribution in [2.75, 3.05) is 0 Å². The molecule has 1 atom stereocenters. The number of carbonyl (C=O) groups is 3. The van der Waals surface area contributed by atoms with E-state index in [-0.39, 0.29) is 30.7 Å². The molecule has 1 aliphatic rings. The highest BCUT2D eigenvalue weighted by molar-refractivity contribution is 5.98. The maximum Gasteiger partial charge on any atom is 0.303 e. The molecule has 0 aliphatic heterocycles. The zero-order valence-corrected chi connectivity index (χ0v) is 16.3. The van der Waals surface area contributed by atoms with Gasteiger partial charge in [-0.1, -0.05) is 55.3 Å². The molecular formula is C23H26N2O4. The number of aliphatic carboxylic acids is 1. The van der Waals surface area contributed by atoms with E-state index in [2.05, 4.69) is 10.6 Å². The first-order chi connectivity index (χ1) is 14.0. The Morgan fingerprint density at radius 2 is 1.55 bits per heavy atom. The number of benzene rings is 2. The van der Waals surface area contributed by atoms with E-state index in [1.165, 1.54) is 0 Å². The second-order valence-corrected chi connectivity index (χ2v) is 7.39. The van der Waals surface area contributed by atoms with Crippen LogP contribution in [0.3, 0.4) is 0 Å². The predicted octanol–water partition coefficient (Wildman–Crippen LogP) is 3.38. The average Bonchev–Trinajstić information content (AvgIpc) is 3.24. The molecule has 3 N–H and O–H groups in total. The zero-order valence-electron chi connectivity index (χ0n) is 16.3. The lowest BCUT2D eigenvalue weighted by atomic mass is 10.0. The fourth-order valence-electron chi connectivity index (χ4n) is 3.59. The van der Waals surface area contributed by atoms with Gasteiger partial charge in [-0.25, -0.2) is 0 Å². The lowest BCUT2D eigenvalue weighted by Crippen LogP contribution is -2.49. The molecule has 0 saturated heterocycles. The summed E-state index contributed by atoms with van der Waals surface area (Å²) in [5.74, 6) is -1.70. The third-order valence-electron chi connectivity index (χ3n) is 5.22. The van der Waals surface area contributed by atoms with Crippen molar-refractivity contribution in [3.05, 3.63) is 60.2 Å². The van der Waals surface area contributed by atoms with Crippen molar-refractivity contribution < 1.29 is 19.5 Å². The van der Waals surface area contributed by atoms with Gasteiger partial charge in [0.15, 0.2) is 0 Å². The quantitative estimate of drug-likeness (QED) is 0.640. The normalized spacial score (nSPS) is 14.9. The van der Waals surface area contributed by atoms with E-state index in [1.54, 1.807) is 12.1 Å². The molecule has 1 saturated carbocycles. The number of carbonyl (C=O) groups excluding carboxylic acids is 2. The number of rotatable bonds is 8. The number of hydrogen-bond acceptors (Lipinski definition) is 3. The van der Waals surface area contributed by atoms with Crippen molar-refractivity contribution in [2.45, 2.75) is 50.6 Å². The van der Waals surface area contributed by atoms with Gasteiger partial charge in [-0.05, 0) is 42.5 Å². The van der Waals surface area contributed by atoms with Crippen LogP contribution in [0, 0.1) is 0 Å². The highest BCUT2D eigenvalue weighted by Gasteiger charge is 2.25. The average molecular weight is 394 g/mol. The molecule has 0 radical (unpaired) electrons. The van der Waals surface area contributed by atoms with Crippen LogP contribution in [0.5, 0.6) is 0 Å². The Labute approximate surface area is 170 Å². The van der Waals surface area contributed by atoms with Crippen LogP contribution in [0.2, 0.25) is 0 Å². The van der Waals surface area contributed by atoms with Crippen LogP contribution in [0.4, 0.5) is 0 Å². The van der Waals surface area contributed by atoms with Crippen molar-refractivity contribution >= 4 is 17.8 Å². The topological polar surface area (TPSA) is 95.5 Å². The van der Waals surface area contributed by atoms with Crippen molar-refractivity contribution in [2.24, 2.45) is 0 Å². The summed E-state index contributed by atoms with van der Waals surface area (Å²) < 4.78 is 0. The molecule has 152 valence electrons. The van der Waals surface area contributed by atoms with E-state index < -0.39 is 12.0 Å². The lowest BCUT2D eigenvalue weighted by Gasteiger charge is -2.20. The van der Waals surface area contributed by atoms with Gasteiger partial charge < -0.3 is 15.7 Å². The second kappa shape index (κ2) is 9.87. The molecule has 0 heterocycles. The van der Waals surface area contributed by atoms with E-state index >= 15 is 0 Å². The Hall–Kier alpha value is -3.15. The summed E-state index contributed by atoms with van der Waals surface area (Å²) in [6.07, 6.45) is 3.87. The summed E-state index contributed by atoms with van der Waals surface area (Å²) in [5.41, 5.74) is 2.47. The van der Waals surface area contributed by atoms with Crippen LogP contribution in [0.25, 0.3) is 11.1 Å². The Balaban J connectivity index is 1.66. The number of hydrogen-bond donors (Lipinski definition) is 3. The van der Waals surface area contributed by atoms with Crippen molar-refractivity contribution in [1.82, 2.24) is 10.6 Å². The van der Waals surface area contributed by atoms with E-state index in [9.17, 15) is 14.4 Å². The van der Waals surface area contributed by atoms with Crippen molar-refractivity contribution in [3.8, 4) is 11.1 Å². The van der Waals surface area contributed by atoms with Gasteiger partial charge in [-0.3, -0.25) is 14.4 Å².